The van der Waals surface area contributed by atoms with Gasteiger partial charge in [-0.2, -0.15) is 5.10 Å². The lowest BCUT2D eigenvalue weighted by atomic mass is 10.2. The lowest BCUT2D eigenvalue weighted by Crippen LogP contribution is -2.37. The highest BCUT2D eigenvalue weighted by Gasteiger charge is 2.16. The molecule has 0 spiro atoms. The van der Waals surface area contributed by atoms with Crippen molar-refractivity contribution in [3.8, 4) is 11.5 Å². The van der Waals surface area contributed by atoms with Crippen molar-refractivity contribution in [1.29, 1.82) is 0 Å². The molecule has 0 aliphatic carbocycles. The molecule has 1 saturated heterocycles. The highest BCUT2D eigenvalue weighted by Crippen LogP contribution is 2.28. The molecule has 1 aliphatic rings. The van der Waals surface area contributed by atoms with Crippen LogP contribution >= 0.6 is 12.2 Å². The molecule has 2 aromatic rings. The van der Waals surface area contributed by atoms with Gasteiger partial charge >= 0.3 is 5.97 Å². The van der Waals surface area contributed by atoms with Crippen molar-refractivity contribution >= 4 is 29.5 Å². The number of rotatable bonds is 7. The van der Waals surface area contributed by atoms with Crippen LogP contribution in [0.3, 0.4) is 0 Å². The maximum Gasteiger partial charge on any atom is 0.379 e. The summed E-state index contributed by atoms with van der Waals surface area (Å²) in [6, 6.07) is 8.19. The Bertz CT molecular complexity index is 832. The first-order valence-electron chi connectivity index (χ1n) is 8.78. The molecule has 0 amide bonds. The van der Waals surface area contributed by atoms with Crippen LogP contribution in [-0.2, 0) is 4.74 Å². The van der Waals surface area contributed by atoms with Crippen molar-refractivity contribution in [3.05, 3.63) is 47.9 Å². The predicted octanol–water partition coefficient (Wildman–Crippen LogP) is 2.48. The lowest BCUT2D eigenvalue weighted by molar-refractivity contribution is 0.0696. The summed E-state index contributed by atoms with van der Waals surface area (Å²) in [7, 11) is 1.49. The normalized spacial score (nSPS) is 16.1. The number of ether oxygens (including phenoxy) is 3. The third kappa shape index (κ3) is 5.54. The number of hydrogen-bond acceptors (Lipinski definition) is 7. The van der Waals surface area contributed by atoms with Gasteiger partial charge in [-0.05, 0) is 61.0 Å². The summed E-state index contributed by atoms with van der Waals surface area (Å²) < 4.78 is 21.1. The van der Waals surface area contributed by atoms with E-state index in [-0.39, 0.29) is 17.6 Å². The molecule has 1 unspecified atom stereocenters. The molecule has 1 aliphatic heterocycles. The highest BCUT2D eigenvalue weighted by molar-refractivity contribution is 7.80. The summed E-state index contributed by atoms with van der Waals surface area (Å²) in [5, 5.41) is 7.58. The predicted molar refractivity (Wildman–Crippen MR) is 107 cm³/mol. The van der Waals surface area contributed by atoms with Gasteiger partial charge in [0.05, 0.1) is 25.7 Å². The molecule has 8 nitrogen and oxygen atoms in total. The van der Waals surface area contributed by atoms with Gasteiger partial charge in [0.2, 0.25) is 5.76 Å². The number of hydrazone groups is 1. The second-order valence-corrected chi connectivity index (χ2v) is 6.40. The van der Waals surface area contributed by atoms with Gasteiger partial charge < -0.3 is 23.9 Å². The Morgan fingerprint density at radius 2 is 2.29 bits per heavy atom. The van der Waals surface area contributed by atoms with Gasteiger partial charge in [-0.3, -0.25) is 5.43 Å². The Labute approximate surface area is 167 Å². The molecule has 9 heteroatoms. The van der Waals surface area contributed by atoms with Crippen LogP contribution in [0.2, 0.25) is 0 Å². The molecule has 3 rings (SSSR count). The molecule has 0 saturated carbocycles. The fourth-order valence-electron chi connectivity index (χ4n) is 2.61. The van der Waals surface area contributed by atoms with Crippen molar-refractivity contribution in [1.82, 2.24) is 10.7 Å². The highest BCUT2D eigenvalue weighted by atomic mass is 32.1. The summed E-state index contributed by atoms with van der Waals surface area (Å²) in [5.74, 6) is 0.181. The second kappa shape index (κ2) is 9.86. The minimum absolute atomic E-state index is 0.112. The SMILES string of the molecule is COc1cc(/C=N/NC(=S)NCC2CCCO2)ccc1OC(=O)c1ccco1. The molecule has 1 fully saturated rings. The van der Waals surface area contributed by atoms with Crippen LogP contribution in [0.1, 0.15) is 29.0 Å². The first-order valence-corrected chi connectivity index (χ1v) is 9.19. The Kier molecular flexibility index (Phi) is 6.99. The summed E-state index contributed by atoms with van der Waals surface area (Å²) in [4.78, 5) is 12.0. The Balaban J connectivity index is 1.53. The Morgan fingerprint density at radius 1 is 1.39 bits per heavy atom. The van der Waals surface area contributed by atoms with Crippen LogP contribution in [0, 0.1) is 0 Å². The first kappa shape index (κ1) is 19.8. The topological polar surface area (TPSA) is 94.3 Å². The van der Waals surface area contributed by atoms with Gasteiger partial charge in [-0.15, -0.1) is 0 Å². The van der Waals surface area contributed by atoms with Gasteiger partial charge in [0.25, 0.3) is 0 Å². The van der Waals surface area contributed by atoms with E-state index in [0.717, 1.165) is 25.0 Å². The van der Waals surface area contributed by atoms with E-state index in [1.165, 1.54) is 19.4 Å². The average molecular weight is 403 g/mol. The summed E-state index contributed by atoms with van der Waals surface area (Å²) in [6.45, 7) is 1.46. The number of benzene rings is 1. The number of esters is 1. The minimum Gasteiger partial charge on any atom is -0.493 e. The number of carbonyl (C=O) groups excluding carboxylic acids is 1. The zero-order chi connectivity index (χ0) is 19.8. The standard InChI is InChI=1S/C19H21N3O5S/c1-24-17-10-13(6-7-15(17)27-18(23)16-5-3-9-26-16)11-21-22-19(28)20-12-14-4-2-8-25-14/h3,5-7,9-11,14H,2,4,8,12H2,1H3,(H2,20,22,28)/b21-11+. The fourth-order valence-corrected chi connectivity index (χ4v) is 2.75. The molecule has 1 atom stereocenters. The average Bonchev–Trinajstić information content (AvgIpc) is 3.41. The Hall–Kier alpha value is -2.91. The van der Waals surface area contributed by atoms with Gasteiger partial charge in [-0.1, -0.05) is 0 Å². The van der Waals surface area contributed by atoms with Crippen LogP contribution in [0.4, 0.5) is 0 Å². The molecule has 28 heavy (non-hydrogen) atoms. The van der Waals surface area contributed by atoms with Crippen molar-refractivity contribution in [3.63, 3.8) is 0 Å². The van der Waals surface area contributed by atoms with E-state index in [4.69, 9.17) is 30.8 Å². The van der Waals surface area contributed by atoms with Crippen molar-refractivity contribution in [2.24, 2.45) is 5.10 Å². The van der Waals surface area contributed by atoms with Crippen molar-refractivity contribution < 1.29 is 23.4 Å². The molecule has 0 bridgehead atoms. The fraction of sp³-hybridized carbons (Fsp3) is 0.316. The van der Waals surface area contributed by atoms with E-state index in [1.807, 2.05) is 0 Å². The molecule has 2 heterocycles. The summed E-state index contributed by atoms with van der Waals surface area (Å²) in [6.07, 6.45) is 5.31. The maximum atomic E-state index is 12.0. The summed E-state index contributed by atoms with van der Waals surface area (Å²) in [5.41, 5.74) is 3.49. The molecular weight excluding hydrogens is 382 g/mol. The van der Waals surface area contributed by atoms with Gasteiger partial charge in [0.1, 0.15) is 0 Å². The minimum atomic E-state index is -0.603. The molecular formula is C19H21N3O5S. The Morgan fingerprint density at radius 3 is 3.00 bits per heavy atom. The zero-order valence-electron chi connectivity index (χ0n) is 15.3. The quantitative estimate of drug-likeness (QED) is 0.239. The van der Waals surface area contributed by atoms with Crippen LogP contribution in [-0.4, -0.2) is 43.7 Å². The third-order valence-electron chi connectivity index (χ3n) is 4.01. The van der Waals surface area contributed by atoms with Gasteiger partial charge in [0, 0.05) is 13.2 Å². The number of nitrogens with one attached hydrogen (secondary N) is 2. The number of thiocarbonyl (C=S) groups is 1. The van der Waals surface area contributed by atoms with Crippen molar-refractivity contribution in [2.45, 2.75) is 18.9 Å². The lowest BCUT2D eigenvalue weighted by Gasteiger charge is -2.11. The smallest absolute Gasteiger partial charge is 0.379 e. The summed E-state index contributed by atoms with van der Waals surface area (Å²) >= 11 is 5.18. The second-order valence-electron chi connectivity index (χ2n) is 5.99. The molecule has 2 N–H and O–H groups in total. The van der Waals surface area contributed by atoms with Crippen LogP contribution < -0.4 is 20.2 Å². The van der Waals surface area contributed by atoms with Crippen LogP contribution in [0.25, 0.3) is 0 Å². The number of nitrogens with zero attached hydrogens (tertiary/aromatic N) is 1. The maximum absolute atomic E-state index is 12.0. The van der Waals surface area contributed by atoms with Crippen LogP contribution in [0.5, 0.6) is 11.5 Å². The first-order chi connectivity index (χ1) is 13.7. The van der Waals surface area contributed by atoms with Crippen molar-refractivity contribution in [2.75, 3.05) is 20.3 Å². The van der Waals surface area contributed by atoms with E-state index in [1.54, 1.807) is 30.5 Å². The van der Waals surface area contributed by atoms with Gasteiger partial charge in [-0.25, -0.2) is 4.79 Å². The van der Waals surface area contributed by atoms with E-state index < -0.39 is 5.97 Å². The number of hydrogen-bond donors (Lipinski definition) is 2. The molecule has 1 aromatic heterocycles. The van der Waals surface area contributed by atoms with E-state index >= 15 is 0 Å². The molecule has 148 valence electrons. The number of methoxy groups -OCH3 is 1. The monoisotopic (exact) mass is 403 g/mol. The van der Waals surface area contributed by atoms with Gasteiger partial charge in [0.15, 0.2) is 16.6 Å². The van der Waals surface area contributed by atoms with Crippen LogP contribution in [0.15, 0.2) is 46.1 Å². The molecule has 1 aromatic carbocycles. The van der Waals surface area contributed by atoms with E-state index in [0.29, 0.717) is 17.4 Å². The molecule has 0 radical (unpaired) electrons. The zero-order valence-corrected chi connectivity index (χ0v) is 16.2. The number of furan rings is 1. The largest absolute Gasteiger partial charge is 0.493 e. The third-order valence-corrected chi connectivity index (χ3v) is 4.24. The van der Waals surface area contributed by atoms with E-state index in [9.17, 15) is 4.79 Å². The number of carbonyl (C=O) groups is 1. The van der Waals surface area contributed by atoms with E-state index in [2.05, 4.69) is 15.8 Å².